The zero-order chi connectivity index (χ0) is 23.7. The van der Waals surface area contributed by atoms with Gasteiger partial charge in [-0.3, -0.25) is 9.36 Å². The summed E-state index contributed by atoms with van der Waals surface area (Å²) in [5.74, 6) is 0.669. The zero-order valence-corrected chi connectivity index (χ0v) is 19.8. The minimum Gasteiger partial charge on any atom is -0.343 e. The highest BCUT2D eigenvalue weighted by molar-refractivity contribution is 6.33. The van der Waals surface area contributed by atoms with Gasteiger partial charge in [-0.2, -0.15) is 0 Å². The molecule has 4 aromatic carbocycles. The second kappa shape index (κ2) is 9.16. The molecule has 0 fully saturated rings. The highest BCUT2D eigenvalue weighted by atomic mass is 35.5. The fourth-order valence-corrected chi connectivity index (χ4v) is 4.70. The highest BCUT2D eigenvalue weighted by Crippen LogP contribution is 2.32. The standard InChI is InChI=1S/C29H24ClN3O/c1-20-31-26-18-17-23(32(2)27-16-10-9-15-25(27)30)19-24(26)29(34)33(20)28(21-11-5-3-6-12-21)22-13-7-4-8-14-22/h3-19,28H,1-2H3. The van der Waals surface area contributed by atoms with Gasteiger partial charge in [0.25, 0.3) is 5.56 Å². The number of hydrogen-bond acceptors (Lipinski definition) is 3. The van der Waals surface area contributed by atoms with Gasteiger partial charge in [0.05, 0.1) is 27.7 Å². The van der Waals surface area contributed by atoms with Crippen molar-refractivity contribution < 1.29 is 0 Å². The van der Waals surface area contributed by atoms with Gasteiger partial charge < -0.3 is 4.90 Å². The van der Waals surface area contributed by atoms with Crippen LogP contribution in [0.5, 0.6) is 0 Å². The van der Waals surface area contributed by atoms with Gasteiger partial charge in [0.15, 0.2) is 0 Å². The van der Waals surface area contributed by atoms with Crippen LogP contribution in [-0.2, 0) is 0 Å². The van der Waals surface area contributed by atoms with Gasteiger partial charge in [0.2, 0.25) is 0 Å². The van der Waals surface area contributed by atoms with E-state index in [-0.39, 0.29) is 11.6 Å². The maximum absolute atomic E-state index is 14.0. The van der Waals surface area contributed by atoms with Crippen LogP contribution in [0, 0.1) is 6.92 Å². The van der Waals surface area contributed by atoms with Crippen LogP contribution in [0.25, 0.3) is 10.9 Å². The summed E-state index contributed by atoms with van der Waals surface area (Å²) in [4.78, 5) is 20.8. The number of benzene rings is 4. The molecular formula is C29H24ClN3O. The van der Waals surface area contributed by atoms with E-state index in [1.165, 1.54) is 0 Å². The quantitative estimate of drug-likeness (QED) is 0.287. The molecule has 0 aliphatic heterocycles. The molecule has 0 N–H and O–H groups in total. The number of rotatable bonds is 5. The Labute approximate surface area is 203 Å². The molecule has 0 saturated carbocycles. The molecule has 0 amide bonds. The molecule has 0 aliphatic carbocycles. The first kappa shape index (κ1) is 21.9. The fraction of sp³-hybridized carbons (Fsp3) is 0.103. The van der Waals surface area contributed by atoms with E-state index in [9.17, 15) is 4.79 Å². The summed E-state index contributed by atoms with van der Waals surface area (Å²) in [7, 11) is 1.94. The molecule has 5 aromatic rings. The van der Waals surface area contributed by atoms with Crippen molar-refractivity contribution in [3.63, 3.8) is 0 Å². The SMILES string of the molecule is Cc1nc2ccc(N(C)c3ccccc3Cl)cc2c(=O)n1C(c1ccccc1)c1ccccc1. The van der Waals surface area contributed by atoms with Crippen molar-refractivity contribution in [2.45, 2.75) is 13.0 Å². The van der Waals surface area contributed by atoms with Gasteiger partial charge in [0, 0.05) is 12.7 Å². The van der Waals surface area contributed by atoms with E-state index in [0.29, 0.717) is 21.7 Å². The van der Waals surface area contributed by atoms with Crippen LogP contribution in [0.1, 0.15) is 23.0 Å². The van der Waals surface area contributed by atoms with Crippen LogP contribution in [0.3, 0.4) is 0 Å². The van der Waals surface area contributed by atoms with Crippen LogP contribution >= 0.6 is 11.6 Å². The Kier molecular flexibility index (Phi) is 5.91. The number of halogens is 1. The van der Waals surface area contributed by atoms with Crippen molar-refractivity contribution in [1.82, 2.24) is 9.55 Å². The second-order valence-electron chi connectivity index (χ2n) is 8.27. The predicted octanol–water partition coefficient (Wildman–Crippen LogP) is 6.76. The molecule has 0 spiro atoms. The van der Waals surface area contributed by atoms with Gasteiger partial charge in [-0.1, -0.05) is 84.4 Å². The van der Waals surface area contributed by atoms with Crippen molar-refractivity contribution in [3.05, 3.63) is 135 Å². The molecule has 5 heteroatoms. The summed E-state index contributed by atoms with van der Waals surface area (Å²) in [5.41, 5.74) is 4.40. The van der Waals surface area contributed by atoms with Gasteiger partial charge in [-0.05, 0) is 48.4 Å². The Morgan fingerprint density at radius 3 is 2.03 bits per heavy atom. The summed E-state index contributed by atoms with van der Waals surface area (Å²) >= 11 is 6.42. The normalized spacial score (nSPS) is 11.2. The number of nitrogens with zero attached hydrogens (tertiary/aromatic N) is 3. The number of aryl methyl sites for hydroxylation is 1. The summed E-state index contributed by atoms with van der Waals surface area (Å²) in [6.45, 7) is 1.89. The Balaban J connectivity index is 1.71. The molecule has 168 valence electrons. The molecule has 0 saturated heterocycles. The second-order valence-corrected chi connectivity index (χ2v) is 8.68. The lowest BCUT2D eigenvalue weighted by atomic mass is 9.98. The third-order valence-electron chi connectivity index (χ3n) is 6.15. The molecule has 0 radical (unpaired) electrons. The van der Waals surface area contributed by atoms with E-state index >= 15 is 0 Å². The average molecular weight is 466 g/mol. The van der Waals surface area contributed by atoms with E-state index in [2.05, 4.69) is 24.3 Å². The lowest BCUT2D eigenvalue weighted by Crippen LogP contribution is -2.29. The first-order valence-corrected chi connectivity index (χ1v) is 11.5. The topological polar surface area (TPSA) is 38.1 Å². The molecule has 5 rings (SSSR count). The van der Waals surface area contributed by atoms with Gasteiger partial charge in [-0.15, -0.1) is 0 Å². The van der Waals surface area contributed by atoms with Crippen molar-refractivity contribution in [1.29, 1.82) is 0 Å². The molecule has 0 unspecified atom stereocenters. The number of aromatic nitrogens is 2. The lowest BCUT2D eigenvalue weighted by molar-refractivity contribution is 0.620. The summed E-state index contributed by atoms with van der Waals surface area (Å²) in [5, 5.41) is 1.22. The van der Waals surface area contributed by atoms with Crippen molar-refractivity contribution in [2.75, 3.05) is 11.9 Å². The fourth-order valence-electron chi connectivity index (χ4n) is 4.43. The predicted molar refractivity (Wildman–Crippen MR) is 140 cm³/mol. The summed E-state index contributed by atoms with van der Waals surface area (Å²) in [6.07, 6.45) is 0. The van der Waals surface area contributed by atoms with E-state index in [0.717, 1.165) is 22.5 Å². The van der Waals surface area contributed by atoms with Crippen LogP contribution < -0.4 is 10.5 Å². The zero-order valence-electron chi connectivity index (χ0n) is 19.0. The third-order valence-corrected chi connectivity index (χ3v) is 6.47. The smallest absolute Gasteiger partial charge is 0.262 e. The number of para-hydroxylation sites is 1. The monoisotopic (exact) mass is 465 g/mol. The van der Waals surface area contributed by atoms with Crippen molar-refractivity contribution >= 4 is 33.9 Å². The first-order valence-electron chi connectivity index (χ1n) is 11.2. The molecule has 0 bridgehead atoms. The summed E-state index contributed by atoms with van der Waals surface area (Å²) in [6, 6.07) is 33.3. The number of anilines is 2. The molecule has 0 aliphatic rings. The number of hydrogen-bond donors (Lipinski definition) is 0. The van der Waals surface area contributed by atoms with Crippen LogP contribution in [-0.4, -0.2) is 16.6 Å². The van der Waals surface area contributed by atoms with E-state index in [4.69, 9.17) is 16.6 Å². The molecular weight excluding hydrogens is 442 g/mol. The Hall–Kier alpha value is -3.89. The van der Waals surface area contributed by atoms with E-state index in [1.807, 2.05) is 97.7 Å². The molecule has 4 nitrogen and oxygen atoms in total. The Morgan fingerprint density at radius 2 is 1.41 bits per heavy atom. The third kappa shape index (κ3) is 3.97. The molecule has 34 heavy (non-hydrogen) atoms. The largest absolute Gasteiger partial charge is 0.343 e. The lowest BCUT2D eigenvalue weighted by Gasteiger charge is -2.24. The van der Waals surface area contributed by atoms with Crippen LogP contribution in [0.15, 0.2) is 108 Å². The highest BCUT2D eigenvalue weighted by Gasteiger charge is 2.21. The minimum absolute atomic E-state index is 0.0744. The molecule has 0 atom stereocenters. The van der Waals surface area contributed by atoms with Crippen molar-refractivity contribution in [2.24, 2.45) is 0 Å². The first-order chi connectivity index (χ1) is 16.5. The van der Waals surface area contributed by atoms with Crippen LogP contribution in [0.4, 0.5) is 11.4 Å². The van der Waals surface area contributed by atoms with Gasteiger partial charge in [0.1, 0.15) is 5.82 Å². The van der Waals surface area contributed by atoms with Gasteiger partial charge in [-0.25, -0.2) is 4.98 Å². The average Bonchev–Trinajstić information content (AvgIpc) is 2.87. The maximum atomic E-state index is 14.0. The van der Waals surface area contributed by atoms with Crippen LogP contribution in [0.2, 0.25) is 5.02 Å². The maximum Gasteiger partial charge on any atom is 0.262 e. The number of fused-ring (bicyclic) bond motifs is 1. The Bertz CT molecular complexity index is 1470. The van der Waals surface area contributed by atoms with E-state index in [1.54, 1.807) is 4.57 Å². The molecule has 1 heterocycles. The van der Waals surface area contributed by atoms with Crippen molar-refractivity contribution in [3.8, 4) is 0 Å². The van der Waals surface area contributed by atoms with E-state index < -0.39 is 0 Å². The van der Waals surface area contributed by atoms with Gasteiger partial charge >= 0.3 is 0 Å². The molecule has 1 aromatic heterocycles. The minimum atomic E-state index is -0.281. The Morgan fingerprint density at radius 1 is 0.824 bits per heavy atom. The summed E-state index contributed by atoms with van der Waals surface area (Å²) < 4.78 is 1.80.